The summed E-state index contributed by atoms with van der Waals surface area (Å²) >= 11 is 0. The van der Waals surface area contributed by atoms with Crippen LogP contribution in [0.3, 0.4) is 0 Å². The van der Waals surface area contributed by atoms with Crippen LogP contribution in [0.15, 0.2) is 140 Å². The first-order chi connectivity index (χ1) is 20.3. The summed E-state index contributed by atoms with van der Waals surface area (Å²) in [6.07, 6.45) is 5.52. The quantitative estimate of drug-likeness (QED) is 0.218. The summed E-state index contributed by atoms with van der Waals surface area (Å²) in [7, 11) is 0. The van der Waals surface area contributed by atoms with Crippen LogP contribution in [0.2, 0.25) is 0 Å². The second-order valence-corrected chi connectivity index (χ2v) is 11.0. The molecule has 0 atom stereocenters. The average molecular weight is 523 g/mol. The number of hydrogen-bond donors (Lipinski definition) is 0. The number of hydrogen-bond acceptors (Lipinski definition) is 0. The van der Waals surface area contributed by atoms with Gasteiger partial charge in [-0.15, -0.1) is 0 Å². The molecule has 0 fully saturated rings. The summed E-state index contributed by atoms with van der Waals surface area (Å²) in [5, 5.41) is 5.11. The van der Waals surface area contributed by atoms with Crippen LogP contribution in [0, 0.1) is 0 Å². The number of allylic oxidation sites excluding steroid dienone is 1. The summed E-state index contributed by atoms with van der Waals surface area (Å²) in [5.74, 6) is 0. The molecule has 41 heavy (non-hydrogen) atoms. The maximum absolute atomic E-state index is 2.41. The molecule has 192 valence electrons. The highest BCUT2D eigenvalue weighted by Gasteiger charge is 2.16. The van der Waals surface area contributed by atoms with Crippen LogP contribution in [-0.4, -0.2) is 9.13 Å². The van der Waals surface area contributed by atoms with Gasteiger partial charge in [0.15, 0.2) is 0 Å². The van der Waals surface area contributed by atoms with Gasteiger partial charge in [-0.25, -0.2) is 0 Å². The molecule has 2 nitrogen and oxygen atoms in total. The molecule has 2 aromatic heterocycles. The van der Waals surface area contributed by atoms with Gasteiger partial charge < -0.3 is 9.13 Å². The Hall–Kier alpha value is -5.34. The fourth-order valence-corrected chi connectivity index (χ4v) is 6.81. The van der Waals surface area contributed by atoms with Crippen LogP contribution in [0.25, 0.3) is 72.2 Å². The third-order valence-corrected chi connectivity index (χ3v) is 8.72. The molecule has 0 spiro atoms. The van der Waals surface area contributed by atoms with Crippen molar-refractivity contribution in [2.45, 2.75) is 6.42 Å². The van der Waals surface area contributed by atoms with Crippen molar-refractivity contribution in [3.63, 3.8) is 0 Å². The molecule has 0 saturated heterocycles. The highest BCUT2D eigenvalue weighted by atomic mass is 15.0. The molecule has 0 saturated carbocycles. The summed E-state index contributed by atoms with van der Waals surface area (Å²) in [5.41, 5.74) is 12.5. The molecule has 2 heterocycles. The van der Waals surface area contributed by atoms with Gasteiger partial charge in [0.05, 0.1) is 22.1 Å². The standard InChI is InChI=1S/C39H26N2/c1-2-11-30(12-3-1)40-36-15-6-4-13-32(36)34-24-28(18-21-38(34)40)29-19-22-39-35(25-29)33-14-5-7-16-37(33)41(39)31-20-17-26-9-8-10-27(26)23-31/h1-8,10-25H,9H2. The Labute approximate surface area is 238 Å². The van der Waals surface area contributed by atoms with Crippen molar-refractivity contribution in [2.24, 2.45) is 0 Å². The van der Waals surface area contributed by atoms with E-state index in [0.29, 0.717) is 0 Å². The SMILES string of the molecule is C1=Cc2cc(-n3c4ccccc4c4cc(-c5ccc6c(c5)c5ccccc5n6-c5ccccc5)ccc43)ccc2C1. The van der Waals surface area contributed by atoms with E-state index < -0.39 is 0 Å². The molecule has 2 heteroatoms. The lowest BCUT2D eigenvalue weighted by Gasteiger charge is -2.10. The molecule has 1 aliphatic rings. The molecule has 1 aliphatic carbocycles. The first kappa shape index (κ1) is 22.5. The fraction of sp³-hybridized carbons (Fsp3) is 0.0256. The van der Waals surface area contributed by atoms with E-state index in [-0.39, 0.29) is 0 Å². The summed E-state index contributed by atoms with van der Waals surface area (Å²) in [4.78, 5) is 0. The third kappa shape index (κ3) is 3.31. The Bertz CT molecular complexity index is 2330. The third-order valence-electron chi connectivity index (χ3n) is 8.72. The summed E-state index contributed by atoms with van der Waals surface area (Å²) in [6, 6.07) is 48.9. The zero-order valence-corrected chi connectivity index (χ0v) is 22.5. The minimum atomic E-state index is 1.03. The van der Waals surface area contributed by atoms with Crippen molar-refractivity contribution in [2.75, 3.05) is 0 Å². The van der Waals surface area contributed by atoms with E-state index in [4.69, 9.17) is 0 Å². The second kappa shape index (κ2) is 8.58. The second-order valence-electron chi connectivity index (χ2n) is 11.0. The molecule has 0 amide bonds. The average Bonchev–Trinajstić information content (AvgIpc) is 3.73. The lowest BCUT2D eigenvalue weighted by molar-refractivity contribution is 1.17. The highest BCUT2D eigenvalue weighted by molar-refractivity contribution is 6.12. The summed E-state index contributed by atoms with van der Waals surface area (Å²) < 4.78 is 4.79. The minimum Gasteiger partial charge on any atom is -0.309 e. The largest absolute Gasteiger partial charge is 0.309 e. The van der Waals surface area contributed by atoms with E-state index in [1.165, 1.54) is 77.2 Å². The number of rotatable bonds is 3. The Morgan fingerprint density at radius 2 is 0.976 bits per heavy atom. The Balaban J connectivity index is 1.25. The van der Waals surface area contributed by atoms with Crippen LogP contribution in [0.5, 0.6) is 0 Å². The van der Waals surface area contributed by atoms with Gasteiger partial charge in [-0.2, -0.15) is 0 Å². The van der Waals surface area contributed by atoms with Gasteiger partial charge in [0, 0.05) is 32.9 Å². The Morgan fingerprint density at radius 3 is 1.63 bits per heavy atom. The topological polar surface area (TPSA) is 9.86 Å². The van der Waals surface area contributed by atoms with E-state index in [2.05, 4.69) is 155 Å². The van der Waals surface area contributed by atoms with Crippen molar-refractivity contribution in [1.82, 2.24) is 9.13 Å². The first-order valence-corrected chi connectivity index (χ1v) is 14.3. The van der Waals surface area contributed by atoms with Crippen LogP contribution in [0.1, 0.15) is 11.1 Å². The minimum absolute atomic E-state index is 1.03. The fourth-order valence-electron chi connectivity index (χ4n) is 6.81. The number of aromatic nitrogens is 2. The van der Waals surface area contributed by atoms with Gasteiger partial charge in [0.1, 0.15) is 0 Å². The Kier molecular flexibility index (Phi) is 4.70. The number of fused-ring (bicyclic) bond motifs is 7. The molecular weight excluding hydrogens is 496 g/mol. The predicted octanol–water partition coefficient (Wildman–Crippen LogP) is 10.1. The van der Waals surface area contributed by atoms with E-state index in [1.54, 1.807) is 0 Å². The van der Waals surface area contributed by atoms with Gasteiger partial charge in [0.25, 0.3) is 0 Å². The zero-order chi connectivity index (χ0) is 26.9. The van der Waals surface area contributed by atoms with Crippen molar-refractivity contribution >= 4 is 49.7 Å². The van der Waals surface area contributed by atoms with Crippen molar-refractivity contribution in [3.05, 3.63) is 151 Å². The van der Waals surface area contributed by atoms with E-state index >= 15 is 0 Å². The molecule has 0 unspecified atom stereocenters. The lowest BCUT2D eigenvalue weighted by Crippen LogP contribution is -1.95. The van der Waals surface area contributed by atoms with E-state index in [1.807, 2.05) is 0 Å². The number of benzene rings is 6. The van der Waals surface area contributed by atoms with Gasteiger partial charge >= 0.3 is 0 Å². The predicted molar refractivity (Wildman–Crippen MR) is 173 cm³/mol. The van der Waals surface area contributed by atoms with Crippen LogP contribution >= 0.6 is 0 Å². The van der Waals surface area contributed by atoms with Crippen LogP contribution in [0.4, 0.5) is 0 Å². The van der Waals surface area contributed by atoms with Crippen LogP contribution < -0.4 is 0 Å². The van der Waals surface area contributed by atoms with Crippen molar-refractivity contribution < 1.29 is 0 Å². The molecular formula is C39H26N2. The molecule has 8 aromatic rings. The van der Waals surface area contributed by atoms with Crippen molar-refractivity contribution in [3.8, 4) is 22.5 Å². The molecule has 0 aliphatic heterocycles. The van der Waals surface area contributed by atoms with Crippen LogP contribution in [-0.2, 0) is 6.42 Å². The van der Waals surface area contributed by atoms with E-state index in [9.17, 15) is 0 Å². The number of nitrogens with zero attached hydrogens (tertiary/aromatic N) is 2. The molecule has 0 radical (unpaired) electrons. The van der Waals surface area contributed by atoms with Gasteiger partial charge in [-0.1, -0.05) is 84.9 Å². The van der Waals surface area contributed by atoms with Gasteiger partial charge in [-0.3, -0.25) is 0 Å². The van der Waals surface area contributed by atoms with Crippen molar-refractivity contribution in [1.29, 1.82) is 0 Å². The molecule has 0 N–H and O–H groups in total. The normalized spacial score (nSPS) is 12.7. The first-order valence-electron chi connectivity index (χ1n) is 14.3. The monoisotopic (exact) mass is 522 g/mol. The lowest BCUT2D eigenvalue weighted by atomic mass is 10.0. The highest BCUT2D eigenvalue weighted by Crippen LogP contribution is 2.38. The maximum atomic E-state index is 2.41. The molecule has 0 bridgehead atoms. The van der Waals surface area contributed by atoms with E-state index in [0.717, 1.165) is 6.42 Å². The molecule has 9 rings (SSSR count). The zero-order valence-electron chi connectivity index (χ0n) is 22.5. The molecule has 6 aromatic carbocycles. The Morgan fingerprint density at radius 1 is 0.415 bits per heavy atom. The maximum Gasteiger partial charge on any atom is 0.0541 e. The smallest absolute Gasteiger partial charge is 0.0541 e. The van der Waals surface area contributed by atoms with Gasteiger partial charge in [0.2, 0.25) is 0 Å². The number of para-hydroxylation sites is 3. The summed E-state index contributed by atoms with van der Waals surface area (Å²) in [6.45, 7) is 0. The van der Waals surface area contributed by atoms with Gasteiger partial charge in [-0.05, 0) is 89.3 Å².